The van der Waals surface area contributed by atoms with Crippen molar-refractivity contribution in [3.8, 4) is 5.75 Å². The SMILES string of the molecule is COc1ccc(S(=O)(=O)Nc2ccc(S(=O)(=O)Nc3ccc(Br)cc3)cc2)cc1N1CCCC1=O. The fourth-order valence-electron chi connectivity index (χ4n) is 3.60. The number of ether oxygens (including phenoxy) is 1. The lowest BCUT2D eigenvalue weighted by molar-refractivity contribution is -0.117. The average Bonchev–Trinajstić information content (AvgIpc) is 3.25. The van der Waals surface area contributed by atoms with Gasteiger partial charge in [-0.1, -0.05) is 15.9 Å². The van der Waals surface area contributed by atoms with Crippen molar-refractivity contribution in [3.05, 3.63) is 71.2 Å². The molecule has 3 aromatic rings. The second-order valence-corrected chi connectivity index (χ2v) is 12.0. The lowest BCUT2D eigenvalue weighted by Crippen LogP contribution is -2.25. The first-order chi connectivity index (χ1) is 16.6. The van der Waals surface area contributed by atoms with Gasteiger partial charge in [0.05, 0.1) is 22.6 Å². The van der Waals surface area contributed by atoms with Gasteiger partial charge in [0.2, 0.25) is 5.91 Å². The lowest BCUT2D eigenvalue weighted by Gasteiger charge is -2.20. The number of hydrogen-bond acceptors (Lipinski definition) is 6. The Morgan fingerprint density at radius 2 is 1.37 bits per heavy atom. The van der Waals surface area contributed by atoms with Gasteiger partial charge in [-0.25, -0.2) is 16.8 Å². The van der Waals surface area contributed by atoms with Crippen LogP contribution in [0.3, 0.4) is 0 Å². The van der Waals surface area contributed by atoms with Crippen LogP contribution in [0.4, 0.5) is 17.1 Å². The zero-order valence-corrected chi connectivity index (χ0v) is 21.8. The molecule has 35 heavy (non-hydrogen) atoms. The Bertz CT molecular complexity index is 1460. The first-order valence-electron chi connectivity index (χ1n) is 10.5. The van der Waals surface area contributed by atoms with E-state index in [4.69, 9.17) is 4.74 Å². The highest BCUT2D eigenvalue weighted by molar-refractivity contribution is 9.10. The predicted molar refractivity (Wildman–Crippen MR) is 137 cm³/mol. The van der Waals surface area contributed by atoms with Crippen molar-refractivity contribution in [2.45, 2.75) is 22.6 Å². The molecule has 3 aromatic carbocycles. The molecule has 1 fully saturated rings. The van der Waals surface area contributed by atoms with Crippen LogP contribution in [0.15, 0.2) is 81.0 Å². The van der Waals surface area contributed by atoms with E-state index < -0.39 is 20.0 Å². The molecule has 0 saturated carbocycles. The van der Waals surface area contributed by atoms with E-state index in [1.165, 1.54) is 54.5 Å². The molecular formula is C23H22BrN3O6S2. The molecular weight excluding hydrogens is 558 g/mol. The lowest BCUT2D eigenvalue weighted by atomic mass is 10.2. The molecule has 0 bridgehead atoms. The quantitative estimate of drug-likeness (QED) is 0.412. The summed E-state index contributed by atoms with van der Waals surface area (Å²) in [5, 5.41) is 0. The van der Waals surface area contributed by atoms with Gasteiger partial charge in [-0.2, -0.15) is 0 Å². The van der Waals surface area contributed by atoms with E-state index in [1.807, 2.05) is 0 Å². The van der Waals surface area contributed by atoms with Gasteiger partial charge in [0, 0.05) is 28.8 Å². The van der Waals surface area contributed by atoms with Crippen LogP contribution in [-0.2, 0) is 24.8 Å². The fraction of sp³-hybridized carbons (Fsp3) is 0.174. The molecule has 4 rings (SSSR count). The number of rotatable bonds is 8. The van der Waals surface area contributed by atoms with Gasteiger partial charge in [-0.15, -0.1) is 0 Å². The smallest absolute Gasteiger partial charge is 0.261 e. The second kappa shape index (κ2) is 9.88. The minimum absolute atomic E-state index is 0.0253. The van der Waals surface area contributed by atoms with E-state index in [9.17, 15) is 21.6 Å². The minimum atomic E-state index is -4.02. The van der Waals surface area contributed by atoms with Crippen LogP contribution in [0, 0.1) is 0 Å². The third-order valence-electron chi connectivity index (χ3n) is 5.34. The molecule has 1 amide bonds. The fourth-order valence-corrected chi connectivity index (χ4v) is 6.00. The maximum atomic E-state index is 13.0. The largest absolute Gasteiger partial charge is 0.495 e. The number of nitrogens with one attached hydrogen (secondary N) is 2. The van der Waals surface area contributed by atoms with Gasteiger partial charge in [-0.3, -0.25) is 14.2 Å². The number of amides is 1. The number of halogens is 1. The number of carbonyl (C=O) groups excluding carboxylic acids is 1. The molecule has 0 unspecified atom stereocenters. The molecule has 1 aliphatic heterocycles. The van der Waals surface area contributed by atoms with Crippen molar-refractivity contribution >= 4 is 58.9 Å². The number of benzene rings is 3. The summed E-state index contributed by atoms with van der Waals surface area (Å²) in [6, 6.07) is 16.3. The number of sulfonamides is 2. The topological polar surface area (TPSA) is 122 Å². The van der Waals surface area contributed by atoms with Gasteiger partial charge in [0.15, 0.2) is 0 Å². The second-order valence-electron chi connectivity index (χ2n) is 7.72. The van der Waals surface area contributed by atoms with Crippen LogP contribution < -0.4 is 19.1 Å². The molecule has 1 saturated heterocycles. The van der Waals surface area contributed by atoms with E-state index >= 15 is 0 Å². The molecule has 184 valence electrons. The van der Waals surface area contributed by atoms with Crippen LogP contribution in [-0.4, -0.2) is 36.4 Å². The van der Waals surface area contributed by atoms with Gasteiger partial charge >= 0.3 is 0 Å². The van der Waals surface area contributed by atoms with Crippen LogP contribution in [0.25, 0.3) is 0 Å². The van der Waals surface area contributed by atoms with Crippen molar-refractivity contribution < 1.29 is 26.4 Å². The van der Waals surface area contributed by atoms with Crippen LogP contribution in [0.5, 0.6) is 5.75 Å². The molecule has 0 aromatic heterocycles. The highest BCUT2D eigenvalue weighted by atomic mass is 79.9. The molecule has 12 heteroatoms. The van der Waals surface area contributed by atoms with Crippen LogP contribution in [0.1, 0.15) is 12.8 Å². The molecule has 9 nitrogen and oxygen atoms in total. The maximum Gasteiger partial charge on any atom is 0.261 e. The average molecular weight is 580 g/mol. The monoisotopic (exact) mass is 579 g/mol. The Morgan fingerprint density at radius 1 is 0.829 bits per heavy atom. The molecule has 0 radical (unpaired) electrons. The van der Waals surface area contributed by atoms with Gasteiger partial charge < -0.3 is 9.64 Å². The molecule has 1 heterocycles. The summed E-state index contributed by atoms with van der Waals surface area (Å²) in [5.74, 6) is 0.298. The third-order valence-corrected chi connectivity index (χ3v) is 8.64. The highest BCUT2D eigenvalue weighted by Crippen LogP contribution is 2.34. The van der Waals surface area contributed by atoms with Crippen molar-refractivity contribution in [1.82, 2.24) is 0 Å². The Kier molecular flexibility index (Phi) is 7.06. The number of carbonyl (C=O) groups is 1. The van der Waals surface area contributed by atoms with Gasteiger partial charge in [0.1, 0.15) is 5.75 Å². The van der Waals surface area contributed by atoms with Crippen LogP contribution >= 0.6 is 15.9 Å². The van der Waals surface area contributed by atoms with E-state index in [0.29, 0.717) is 36.5 Å². The summed E-state index contributed by atoms with van der Waals surface area (Å²) in [7, 11) is -6.43. The normalized spacial score (nSPS) is 14.1. The zero-order chi connectivity index (χ0) is 25.2. The van der Waals surface area contributed by atoms with E-state index in [1.54, 1.807) is 24.3 Å². The zero-order valence-electron chi connectivity index (χ0n) is 18.6. The number of hydrogen-bond donors (Lipinski definition) is 2. The van der Waals surface area contributed by atoms with E-state index in [0.717, 1.165) is 4.47 Å². The first kappa shape index (κ1) is 25.0. The summed E-state index contributed by atoms with van der Waals surface area (Å²) in [5.41, 5.74) is 0.963. The molecule has 1 aliphatic rings. The van der Waals surface area contributed by atoms with Crippen molar-refractivity contribution in [3.63, 3.8) is 0 Å². The Labute approximate surface area is 212 Å². The Morgan fingerprint density at radius 3 is 1.91 bits per heavy atom. The first-order valence-corrected chi connectivity index (χ1v) is 14.2. The Hall–Kier alpha value is -3.09. The van der Waals surface area contributed by atoms with E-state index in [-0.39, 0.29) is 21.4 Å². The minimum Gasteiger partial charge on any atom is -0.495 e. The van der Waals surface area contributed by atoms with Crippen LogP contribution in [0.2, 0.25) is 0 Å². The summed E-state index contributed by atoms with van der Waals surface area (Å²) in [4.78, 5) is 13.6. The number of nitrogens with zero attached hydrogens (tertiary/aromatic N) is 1. The molecule has 0 atom stereocenters. The maximum absolute atomic E-state index is 13.0. The summed E-state index contributed by atoms with van der Waals surface area (Å²) >= 11 is 3.29. The highest BCUT2D eigenvalue weighted by Gasteiger charge is 2.27. The molecule has 2 N–H and O–H groups in total. The van der Waals surface area contributed by atoms with Crippen molar-refractivity contribution in [2.75, 3.05) is 28.0 Å². The van der Waals surface area contributed by atoms with Crippen molar-refractivity contribution in [2.24, 2.45) is 0 Å². The number of methoxy groups -OCH3 is 1. The van der Waals surface area contributed by atoms with Gasteiger partial charge in [-0.05, 0) is 73.2 Å². The number of anilines is 3. The predicted octanol–water partition coefficient (Wildman–Crippen LogP) is 4.19. The molecule has 0 aliphatic carbocycles. The Balaban J connectivity index is 1.54. The summed E-state index contributed by atoms with van der Waals surface area (Å²) in [6.45, 7) is 0.482. The molecule has 0 spiro atoms. The van der Waals surface area contributed by atoms with Gasteiger partial charge in [0.25, 0.3) is 20.0 Å². The van der Waals surface area contributed by atoms with Crippen molar-refractivity contribution in [1.29, 1.82) is 0 Å². The standard InChI is InChI=1S/C23H22BrN3O6S2/c1-33-22-13-12-20(15-21(22)27-14-2-3-23(27)28)35(31,32)26-18-8-10-19(11-9-18)34(29,30)25-17-6-4-16(24)5-7-17/h4-13,15,25-26H,2-3,14H2,1H3. The third kappa shape index (κ3) is 5.60. The summed E-state index contributed by atoms with van der Waals surface area (Å²) in [6.07, 6.45) is 1.08. The summed E-state index contributed by atoms with van der Waals surface area (Å²) < 4.78 is 62.4. The van der Waals surface area contributed by atoms with E-state index in [2.05, 4.69) is 25.4 Å².